The molecule has 0 saturated carbocycles. The van der Waals surface area contributed by atoms with Crippen molar-refractivity contribution in [2.45, 2.75) is 19.4 Å². The van der Waals surface area contributed by atoms with E-state index in [0.29, 0.717) is 26.1 Å². The first-order valence-corrected chi connectivity index (χ1v) is 11.1. The van der Waals surface area contributed by atoms with Gasteiger partial charge in [-0.25, -0.2) is 8.42 Å². The van der Waals surface area contributed by atoms with Crippen LogP contribution in [0.4, 0.5) is 0 Å². The van der Waals surface area contributed by atoms with Gasteiger partial charge in [-0.05, 0) is 38.6 Å². The van der Waals surface area contributed by atoms with E-state index >= 15 is 0 Å². The van der Waals surface area contributed by atoms with Crippen LogP contribution in [-0.2, 0) is 23.0 Å². The maximum Gasteiger partial charge on any atom is 0.211 e. The van der Waals surface area contributed by atoms with Crippen molar-refractivity contribution in [1.82, 2.24) is 9.21 Å². The lowest BCUT2D eigenvalue weighted by molar-refractivity contribution is 0.276. The van der Waals surface area contributed by atoms with E-state index in [1.54, 1.807) is 0 Å². The number of rotatable bonds is 11. The SMILES string of the molecule is CN(C)CCCOc1ccccc1CN(CCc1ccccc1)S(C)(=O)=O. The number of benzene rings is 2. The third kappa shape index (κ3) is 7.71. The standard InChI is InChI=1S/C21H30N2O3S/c1-22(2)15-9-17-26-21-13-8-7-12-20(21)18-23(27(3,24)25)16-14-19-10-5-4-6-11-19/h4-8,10-13H,9,14-18H2,1-3H3. The van der Waals surface area contributed by atoms with Crippen LogP contribution in [0.5, 0.6) is 5.75 Å². The summed E-state index contributed by atoms with van der Waals surface area (Å²) in [5.74, 6) is 0.754. The molecule has 2 aromatic carbocycles. The summed E-state index contributed by atoms with van der Waals surface area (Å²) in [6.45, 7) is 2.32. The third-order valence-electron chi connectivity index (χ3n) is 4.29. The van der Waals surface area contributed by atoms with Crippen LogP contribution in [-0.4, -0.2) is 57.7 Å². The predicted molar refractivity (Wildman–Crippen MR) is 111 cm³/mol. The summed E-state index contributed by atoms with van der Waals surface area (Å²) < 4.78 is 32.0. The van der Waals surface area contributed by atoms with Gasteiger partial charge in [-0.1, -0.05) is 48.5 Å². The summed E-state index contributed by atoms with van der Waals surface area (Å²) in [6, 6.07) is 17.6. The number of hydrogen-bond acceptors (Lipinski definition) is 4. The molecule has 0 aromatic heterocycles. The van der Waals surface area contributed by atoms with Gasteiger partial charge in [-0.3, -0.25) is 0 Å². The number of nitrogens with zero attached hydrogens (tertiary/aromatic N) is 2. The average molecular weight is 391 g/mol. The highest BCUT2D eigenvalue weighted by Crippen LogP contribution is 2.21. The van der Waals surface area contributed by atoms with Crippen molar-refractivity contribution >= 4 is 10.0 Å². The van der Waals surface area contributed by atoms with Crippen LogP contribution in [0.2, 0.25) is 0 Å². The zero-order valence-electron chi connectivity index (χ0n) is 16.5. The van der Waals surface area contributed by atoms with Crippen molar-refractivity contribution in [2.75, 3.05) is 40.0 Å². The van der Waals surface area contributed by atoms with Crippen molar-refractivity contribution in [2.24, 2.45) is 0 Å². The normalized spacial score (nSPS) is 11.9. The van der Waals surface area contributed by atoms with Gasteiger partial charge >= 0.3 is 0 Å². The van der Waals surface area contributed by atoms with Crippen LogP contribution in [0, 0.1) is 0 Å². The molecule has 0 N–H and O–H groups in total. The Balaban J connectivity index is 2.04. The smallest absolute Gasteiger partial charge is 0.211 e. The summed E-state index contributed by atoms with van der Waals surface area (Å²) in [5.41, 5.74) is 2.01. The van der Waals surface area contributed by atoms with Crippen molar-refractivity contribution in [3.05, 3.63) is 65.7 Å². The van der Waals surface area contributed by atoms with E-state index in [4.69, 9.17) is 4.74 Å². The molecule has 6 heteroatoms. The first-order valence-electron chi connectivity index (χ1n) is 9.21. The molecule has 0 unspecified atom stereocenters. The molecule has 27 heavy (non-hydrogen) atoms. The molecule has 0 heterocycles. The Hall–Kier alpha value is -1.89. The Labute approximate surface area is 163 Å². The van der Waals surface area contributed by atoms with Crippen LogP contribution in [0.15, 0.2) is 54.6 Å². The van der Waals surface area contributed by atoms with Crippen LogP contribution >= 0.6 is 0 Å². The molecule has 0 radical (unpaired) electrons. The van der Waals surface area contributed by atoms with Crippen molar-refractivity contribution in [1.29, 1.82) is 0 Å². The molecule has 0 spiro atoms. The van der Waals surface area contributed by atoms with Gasteiger partial charge in [0.25, 0.3) is 0 Å². The van der Waals surface area contributed by atoms with Gasteiger partial charge in [-0.15, -0.1) is 0 Å². The van der Waals surface area contributed by atoms with Crippen LogP contribution < -0.4 is 4.74 Å². The lowest BCUT2D eigenvalue weighted by atomic mass is 10.1. The fraction of sp³-hybridized carbons (Fsp3) is 0.429. The lowest BCUT2D eigenvalue weighted by Gasteiger charge is -2.22. The minimum Gasteiger partial charge on any atom is -0.493 e. The van der Waals surface area contributed by atoms with Gasteiger partial charge in [-0.2, -0.15) is 4.31 Å². The Bertz CT molecular complexity index is 792. The zero-order chi connectivity index (χ0) is 19.7. The number of ether oxygens (including phenoxy) is 1. The van der Waals surface area contributed by atoms with Gasteiger partial charge < -0.3 is 9.64 Å². The molecule has 5 nitrogen and oxygen atoms in total. The predicted octanol–water partition coefficient (Wildman–Crippen LogP) is 3.02. The second-order valence-electron chi connectivity index (χ2n) is 6.95. The Kier molecular flexibility index (Phi) is 8.28. The molecule has 2 rings (SSSR count). The summed E-state index contributed by atoms with van der Waals surface area (Å²) in [4.78, 5) is 2.12. The summed E-state index contributed by atoms with van der Waals surface area (Å²) >= 11 is 0. The first-order chi connectivity index (χ1) is 12.9. The van der Waals surface area contributed by atoms with Gasteiger partial charge in [0.2, 0.25) is 10.0 Å². The minimum atomic E-state index is -3.32. The molecule has 148 valence electrons. The number of hydrogen-bond donors (Lipinski definition) is 0. The molecule has 0 aliphatic rings. The Morgan fingerprint density at radius 1 is 0.926 bits per heavy atom. The molecule has 2 aromatic rings. The van der Waals surface area contributed by atoms with Gasteiger partial charge in [0.15, 0.2) is 0 Å². The molecule has 0 bridgehead atoms. The molecular weight excluding hydrogens is 360 g/mol. The van der Waals surface area contributed by atoms with Crippen LogP contribution in [0.3, 0.4) is 0 Å². The molecule has 0 aliphatic heterocycles. The Morgan fingerprint density at radius 2 is 1.59 bits per heavy atom. The average Bonchev–Trinajstić information content (AvgIpc) is 2.63. The first kappa shape index (κ1) is 21.4. The minimum absolute atomic E-state index is 0.315. The maximum atomic E-state index is 12.3. The molecule has 0 aliphatic carbocycles. The maximum absolute atomic E-state index is 12.3. The van der Waals surface area contributed by atoms with Gasteiger partial charge in [0, 0.05) is 25.2 Å². The van der Waals surface area contributed by atoms with E-state index in [1.165, 1.54) is 10.6 Å². The quantitative estimate of drug-likeness (QED) is 0.554. The van der Waals surface area contributed by atoms with E-state index in [0.717, 1.165) is 29.8 Å². The van der Waals surface area contributed by atoms with E-state index < -0.39 is 10.0 Å². The fourth-order valence-electron chi connectivity index (χ4n) is 2.79. The topological polar surface area (TPSA) is 49.9 Å². The number of sulfonamides is 1. The summed E-state index contributed by atoms with van der Waals surface area (Å²) in [7, 11) is 0.750. The lowest BCUT2D eigenvalue weighted by Crippen LogP contribution is -2.31. The Morgan fingerprint density at radius 3 is 2.26 bits per heavy atom. The highest BCUT2D eigenvalue weighted by Gasteiger charge is 2.18. The second-order valence-corrected chi connectivity index (χ2v) is 8.93. The van der Waals surface area contributed by atoms with Crippen molar-refractivity contribution in [3.8, 4) is 5.75 Å². The number of para-hydroxylation sites is 1. The van der Waals surface area contributed by atoms with E-state index in [9.17, 15) is 8.42 Å². The van der Waals surface area contributed by atoms with E-state index in [-0.39, 0.29) is 0 Å². The van der Waals surface area contributed by atoms with Crippen LogP contribution in [0.1, 0.15) is 17.5 Å². The molecule has 0 fully saturated rings. The van der Waals surface area contributed by atoms with Crippen molar-refractivity contribution in [3.63, 3.8) is 0 Å². The molecule has 0 saturated heterocycles. The molecule has 0 amide bonds. The largest absolute Gasteiger partial charge is 0.493 e. The zero-order valence-corrected chi connectivity index (χ0v) is 17.3. The van der Waals surface area contributed by atoms with Crippen LogP contribution in [0.25, 0.3) is 0 Å². The molecule has 0 atom stereocenters. The highest BCUT2D eigenvalue weighted by molar-refractivity contribution is 7.88. The summed E-state index contributed by atoms with van der Waals surface area (Å²) in [6.07, 6.45) is 2.86. The third-order valence-corrected chi connectivity index (χ3v) is 5.54. The van der Waals surface area contributed by atoms with Crippen molar-refractivity contribution < 1.29 is 13.2 Å². The summed E-state index contributed by atoms with van der Waals surface area (Å²) in [5, 5.41) is 0. The van der Waals surface area contributed by atoms with E-state index in [2.05, 4.69) is 4.90 Å². The van der Waals surface area contributed by atoms with E-state index in [1.807, 2.05) is 68.7 Å². The highest BCUT2D eigenvalue weighted by atomic mass is 32.2. The van der Waals surface area contributed by atoms with Gasteiger partial charge in [0.05, 0.1) is 12.9 Å². The second kappa shape index (κ2) is 10.4. The fourth-order valence-corrected chi connectivity index (χ4v) is 3.59. The monoisotopic (exact) mass is 390 g/mol. The van der Waals surface area contributed by atoms with Gasteiger partial charge in [0.1, 0.15) is 5.75 Å². The molecular formula is C21H30N2O3S.